The van der Waals surface area contributed by atoms with E-state index < -0.39 is 12.3 Å². The predicted octanol–water partition coefficient (Wildman–Crippen LogP) is 1.60. The van der Waals surface area contributed by atoms with Gasteiger partial charge in [0.25, 0.3) is 6.43 Å². The number of hydrogen-bond acceptors (Lipinski definition) is 3. The molecule has 0 aliphatic heterocycles. The van der Waals surface area contributed by atoms with Gasteiger partial charge in [0.2, 0.25) is 5.91 Å². The van der Waals surface area contributed by atoms with Gasteiger partial charge in [0.1, 0.15) is 11.4 Å². The molecule has 1 aromatic heterocycles. The van der Waals surface area contributed by atoms with Gasteiger partial charge in [0, 0.05) is 0 Å². The first-order valence-electron chi connectivity index (χ1n) is 5.51. The summed E-state index contributed by atoms with van der Waals surface area (Å²) in [5, 5.41) is 7.34. The van der Waals surface area contributed by atoms with E-state index in [1.165, 1.54) is 4.68 Å². The molecule has 1 amide bonds. The first kappa shape index (κ1) is 13.5. The van der Waals surface area contributed by atoms with Crippen molar-refractivity contribution in [2.24, 2.45) is 5.73 Å². The fraction of sp³-hybridized carbons (Fsp3) is 0.700. The summed E-state index contributed by atoms with van der Waals surface area (Å²) >= 11 is 0. The zero-order valence-corrected chi connectivity index (χ0v) is 9.86. The molecule has 0 spiro atoms. The van der Waals surface area contributed by atoms with E-state index in [-0.39, 0.29) is 23.9 Å². The highest BCUT2D eigenvalue weighted by atomic mass is 19.3. The van der Waals surface area contributed by atoms with E-state index in [2.05, 4.69) is 10.3 Å². The number of nitrogens with zero attached hydrogens (tertiary/aromatic N) is 3. The lowest BCUT2D eigenvalue weighted by molar-refractivity contribution is -0.117. The molecule has 0 saturated heterocycles. The maximum atomic E-state index is 13.0. The lowest BCUT2D eigenvalue weighted by Crippen LogP contribution is -2.17. The number of amides is 1. The molecule has 1 aromatic rings. The Morgan fingerprint density at radius 1 is 1.41 bits per heavy atom. The van der Waals surface area contributed by atoms with E-state index in [0.29, 0.717) is 12.8 Å². The van der Waals surface area contributed by atoms with Crippen molar-refractivity contribution >= 4 is 5.91 Å². The van der Waals surface area contributed by atoms with Gasteiger partial charge in [0.15, 0.2) is 0 Å². The maximum absolute atomic E-state index is 13.0. The van der Waals surface area contributed by atoms with Crippen LogP contribution in [-0.2, 0) is 11.2 Å². The Labute approximate surface area is 98.0 Å². The van der Waals surface area contributed by atoms with Crippen LogP contribution < -0.4 is 5.73 Å². The topological polar surface area (TPSA) is 73.8 Å². The smallest absolute Gasteiger partial charge is 0.281 e. The van der Waals surface area contributed by atoms with Crippen LogP contribution in [0, 0.1) is 0 Å². The van der Waals surface area contributed by atoms with E-state index in [9.17, 15) is 13.6 Å². The van der Waals surface area contributed by atoms with Crippen LogP contribution >= 0.6 is 0 Å². The molecule has 1 rings (SSSR count). The van der Waals surface area contributed by atoms with Gasteiger partial charge < -0.3 is 5.73 Å². The van der Waals surface area contributed by atoms with E-state index in [0.717, 1.165) is 0 Å². The number of aromatic nitrogens is 3. The minimum atomic E-state index is -2.71. The number of halogens is 2. The molecule has 0 radical (unpaired) electrons. The van der Waals surface area contributed by atoms with E-state index >= 15 is 0 Å². The first-order valence-corrected chi connectivity index (χ1v) is 5.51. The Bertz CT molecular complexity index is 388. The molecule has 0 aromatic carbocycles. The highest BCUT2D eigenvalue weighted by Gasteiger charge is 2.25. The fourth-order valence-electron chi connectivity index (χ4n) is 1.75. The summed E-state index contributed by atoms with van der Waals surface area (Å²) < 4.78 is 27.1. The Hall–Kier alpha value is -1.53. The summed E-state index contributed by atoms with van der Waals surface area (Å²) in [6.07, 6.45) is -1.66. The predicted molar refractivity (Wildman–Crippen MR) is 57.5 cm³/mol. The number of hydrogen-bond donors (Lipinski definition) is 1. The quantitative estimate of drug-likeness (QED) is 0.828. The second-order valence-corrected chi connectivity index (χ2v) is 3.78. The van der Waals surface area contributed by atoms with Gasteiger partial charge in [-0.2, -0.15) is 0 Å². The van der Waals surface area contributed by atoms with E-state index in [1.807, 2.05) is 13.8 Å². The Kier molecular flexibility index (Phi) is 4.53. The Balaban J connectivity index is 3.14. The number of nitrogens with two attached hydrogens (primary N) is 1. The average Bonchev–Trinajstić information content (AvgIpc) is 2.63. The second kappa shape index (κ2) is 5.70. The molecule has 17 heavy (non-hydrogen) atoms. The molecule has 7 heteroatoms. The van der Waals surface area contributed by atoms with Crippen LogP contribution in [0.4, 0.5) is 8.78 Å². The normalized spacial score (nSPS) is 11.4. The number of primary amides is 1. The van der Waals surface area contributed by atoms with Gasteiger partial charge in [-0.25, -0.2) is 13.5 Å². The van der Waals surface area contributed by atoms with Crippen LogP contribution in [0.1, 0.15) is 50.5 Å². The van der Waals surface area contributed by atoms with Gasteiger partial charge in [0.05, 0.1) is 12.5 Å². The third kappa shape index (κ3) is 2.98. The molecule has 0 fully saturated rings. The number of alkyl halides is 2. The van der Waals surface area contributed by atoms with Gasteiger partial charge in [-0.15, -0.1) is 5.10 Å². The standard InChI is InChI=1S/C10H16F2N4O/c1-3-6(4-2)16-9(10(11)12)7(14-15-16)5-8(13)17/h6,10H,3-5H2,1-2H3,(H2,13,17). The summed E-state index contributed by atoms with van der Waals surface area (Å²) in [5.74, 6) is -0.691. The highest BCUT2D eigenvalue weighted by Crippen LogP contribution is 2.26. The third-order valence-electron chi connectivity index (χ3n) is 2.64. The van der Waals surface area contributed by atoms with E-state index in [4.69, 9.17) is 5.73 Å². The van der Waals surface area contributed by atoms with Crippen LogP contribution in [0.25, 0.3) is 0 Å². The SMILES string of the molecule is CCC(CC)n1nnc(CC(N)=O)c1C(F)F. The molecule has 0 unspecified atom stereocenters. The van der Waals surface area contributed by atoms with Crippen molar-refractivity contribution in [1.82, 2.24) is 15.0 Å². The van der Waals surface area contributed by atoms with Gasteiger partial charge >= 0.3 is 0 Å². The van der Waals surface area contributed by atoms with Crippen molar-refractivity contribution in [3.63, 3.8) is 0 Å². The lowest BCUT2D eigenvalue weighted by atomic mass is 10.1. The zero-order chi connectivity index (χ0) is 13.0. The first-order chi connectivity index (χ1) is 8.01. The molecule has 0 atom stereocenters. The Morgan fingerprint density at radius 3 is 2.41 bits per heavy atom. The van der Waals surface area contributed by atoms with Crippen molar-refractivity contribution in [2.45, 2.75) is 45.6 Å². The van der Waals surface area contributed by atoms with Crippen LogP contribution in [0.15, 0.2) is 0 Å². The summed E-state index contributed by atoms with van der Waals surface area (Å²) in [5.41, 5.74) is 4.66. The maximum Gasteiger partial charge on any atom is 0.281 e. The largest absolute Gasteiger partial charge is 0.369 e. The highest BCUT2D eigenvalue weighted by molar-refractivity contribution is 5.76. The number of carbonyl (C=O) groups excluding carboxylic acids is 1. The van der Waals surface area contributed by atoms with Crippen LogP contribution in [-0.4, -0.2) is 20.9 Å². The van der Waals surface area contributed by atoms with Crippen molar-refractivity contribution in [3.8, 4) is 0 Å². The fourth-order valence-corrected chi connectivity index (χ4v) is 1.75. The molecule has 0 saturated carbocycles. The van der Waals surface area contributed by atoms with Gasteiger partial charge in [-0.3, -0.25) is 4.79 Å². The molecule has 0 aliphatic carbocycles. The molecule has 0 bridgehead atoms. The summed E-state index contributed by atoms with van der Waals surface area (Å²) in [7, 11) is 0. The minimum absolute atomic E-state index is 0.0283. The summed E-state index contributed by atoms with van der Waals surface area (Å²) in [6, 6.07) is -0.131. The van der Waals surface area contributed by atoms with Crippen molar-refractivity contribution in [3.05, 3.63) is 11.4 Å². The third-order valence-corrected chi connectivity index (χ3v) is 2.64. The minimum Gasteiger partial charge on any atom is -0.369 e. The molecule has 5 nitrogen and oxygen atoms in total. The van der Waals surface area contributed by atoms with Crippen molar-refractivity contribution < 1.29 is 13.6 Å². The van der Waals surface area contributed by atoms with Crippen LogP contribution in [0.5, 0.6) is 0 Å². The van der Waals surface area contributed by atoms with Gasteiger partial charge in [-0.1, -0.05) is 19.1 Å². The molecular formula is C10H16F2N4O. The molecule has 0 aliphatic rings. The summed E-state index contributed by atoms with van der Waals surface area (Å²) in [6.45, 7) is 3.78. The summed E-state index contributed by atoms with van der Waals surface area (Å²) in [4.78, 5) is 10.8. The second-order valence-electron chi connectivity index (χ2n) is 3.78. The molecule has 96 valence electrons. The molecular weight excluding hydrogens is 230 g/mol. The molecule has 2 N–H and O–H groups in total. The van der Waals surface area contributed by atoms with E-state index in [1.54, 1.807) is 0 Å². The Morgan fingerprint density at radius 2 is 2.00 bits per heavy atom. The lowest BCUT2D eigenvalue weighted by Gasteiger charge is -2.15. The van der Waals surface area contributed by atoms with Crippen molar-refractivity contribution in [1.29, 1.82) is 0 Å². The number of rotatable bonds is 6. The van der Waals surface area contributed by atoms with Crippen LogP contribution in [0.3, 0.4) is 0 Å². The number of carbonyl (C=O) groups is 1. The average molecular weight is 246 g/mol. The van der Waals surface area contributed by atoms with Gasteiger partial charge in [-0.05, 0) is 12.8 Å². The molecule has 1 heterocycles. The van der Waals surface area contributed by atoms with Crippen LogP contribution in [0.2, 0.25) is 0 Å². The van der Waals surface area contributed by atoms with Crippen molar-refractivity contribution in [2.75, 3.05) is 0 Å². The monoisotopic (exact) mass is 246 g/mol. The zero-order valence-electron chi connectivity index (χ0n) is 9.86.